The zero-order valence-electron chi connectivity index (χ0n) is 8.60. The van der Waals surface area contributed by atoms with Crippen LogP contribution in [0.5, 0.6) is 0 Å². The van der Waals surface area contributed by atoms with Gasteiger partial charge in [0.1, 0.15) is 6.10 Å². The highest BCUT2D eigenvalue weighted by molar-refractivity contribution is 6.29. The number of rotatable bonds is 2. The van der Waals surface area contributed by atoms with E-state index in [1.807, 2.05) is 30.3 Å². The maximum absolute atomic E-state index is 11.1. The van der Waals surface area contributed by atoms with Crippen LogP contribution in [0.15, 0.2) is 30.3 Å². The molecule has 0 spiro atoms. The van der Waals surface area contributed by atoms with Gasteiger partial charge in [0.15, 0.2) is 0 Å². The van der Waals surface area contributed by atoms with Gasteiger partial charge in [-0.3, -0.25) is 0 Å². The van der Waals surface area contributed by atoms with Crippen LogP contribution in [-0.2, 0) is 19.1 Å². The molecule has 0 aliphatic heterocycles. The molecule has 1 aromatic rings. The van der Waals surface area contributed by atoms with Gasteiger partial charge < -0.3 is 9.47 Å². The molecule has 0 fully saturated rings. The highest BCUT2D eigenvalue weighted by Crippen LogP contribution is 2.15. The molecule has 0 saturated carbocycles. The van der Waals surface area contributed by atoms with E-state index in [0.29, 0.717) is 0 Å². The third-order valence-electron chi connectivity index (χ3n) is 1.90. The van der Waals surface area contributed by atoms with Crippen molar-refractivity contribution >= 4 is 11.9 Å². The summed E-state index contributed by atoms with van der Waals surface area (Å²) in [6.45, 7) is 1.69. The number of carbonyl (C=O) groups excluding carboxylic acids is 2. The lowest BCUT2D eigenvalue weighted by molar-refractivity contribution is -0.169. The normalized spacial score (nSPS) is 11.6. The standard InChI is InChI=1S/C11H12O4/c1-8(9-6-4-3-5-7-9)15-11(13)10(12)14-2/h3-8H,1-2H3/t8-/m1/s1. The van der Waals surface area contributed by atoms with Gasteiger partial charge in [-0.05, 0) is 12.5 Å². The van der Waals surface area contributed by atoms with Crippen molar-refractivity contribution in [3.63, 3.8) is 0 Å². The third-order valence-corrected chi connectivity index (χ3v) is 1.90. The lowest BCUT2D eigenvalue weighted by atomic mass is 10.1. The molecule has 1 atom stereocenters. The SMILES string of the molecule is COC(=O)C(=O)O[C@H](C)c1ccccc1. The molecule has 0 aliphatic rings. The summed E-state index contributed by atoms with van der Waals surface area (Å²) < 4.78 is 9.11. The fourth-order valence-electron chi connectivity index (χ4n) is 1.08. The zero-order chi connectivity index (χ0) is 11.3. The Bertz CT molecular complexity index is 345. The van der Waals surface area contributed by atoms with Crippen LogP contribution in [0.2, 0.25) is 0 Å². The van der Waals surface area contributed by atoms with Crippen LogP contribution in [0.3, 0.4) is 0 Å². The zero-order valence-corrected chi connectivity index (χ0v) is 8.60. The van der Waals surface area contributed by atoms with E-state index >= 15 is 0 Å². The predicted octanol–water partition coefficient (Wildman–Crippen LogP) is 1.46. The van der Waals surface area contributed by atoms with Gasteiger partial charge in [-0.1, -0.05) is 30.3 Å². The monoisotopic (exact) mass is 208 g/mol. The minimum Gasteiger partial charge on any atom is -0.461 e. The van der Waals surface area contributed by atoms with Crippen molar-refractivity contribution < 1.29 is 19.1 Å². The first-order chi connectivity index (χ1) is 7.15. The van der Waals surface area contributed by atoms with Crippen molar-refractivity contribution in [1.82, 2.24) is 0 Å². The van der Waals surface area contributed by atoms with E-state index in [2.05, 4.69) is 4.74 Å². The van der Waals surface area contributed by atoms with E-state index in [-0.39, 0.29) is 0 Å². The van der Waals surface area contributed by atoms with Crippen molar-refractivity contribution in [2.24, 2.45) is 0 Å². The lowest BCUT2D eigenvalue weighted by Crippen LogP contribution is -2.20. The van der Waals surface area contributed by atoms with Gasteiger partial charge in [0.05, 0.1) is 7.11 Å². The highest BCUT2D eigenvalue weighted by Gasteiger charge is 2.19. The van der Waals surface area contributed by atoms with Gasteiger partial charge in [-0.15, -0.1) is 0 Å². The molecule has 0 aromatic heterocycles. The Morgan fingerprint density at radius 2 is 1.73 bits per heavy atom. The molecule has 4 heteroatoms. The quantitative estimate of drug-likeness (QED) is 0.545. The smallest absolute Gasteiger partial charge is 0.418 e. The first kappa shape index (κ1) is 11.2. The molecule has 0 amide bonds. The summed E-state index contributed by atoms with van der Waals surface area (Å²) in [4.78, 5) is 21.8. The van der Waals surface area contributed by atoms with E-state index in [9.17, 15) is 9.59 Å². The van der Waals surface area contributed by atoms with E-state index in [1.54, 1.807) is 6.92 Å². The van der Waals surface area contributed by atoms with Crippen LogP contribution in [0.4, 0.5) is 0 Å². The van der Waals surface area contributed by atoms with Crippen LogP contribution in [-0.4, -0.2) is 19.0 Å². The van der Waals surface area contributed by atoms with Gasteiger partial charge >= 0.3 is 11.9 Å². The molecule has 0 aliphatic carbocycles. The Kier molecular flexibility index (Phi) is 3.85. The second-order valence-electron chi connectivity index (χ2n) is 2.95. The molecule has 1 rings (SSSR count). The Balaban J connectivity index is 2.60. The van der Waals surface area contributed by atoms with Crippen LogP contribution in [0.25, 0.3) is 0 Å². The van der Waals surface area contributed by atoms with Gasteiger partial charge in [0.25, 0.3) is 0 Å². The van der Waals surface area contributed by atoms with E-state index in [0.717, 1.165) is 12.7 Å². The van der Waals surface area contributed by atoms with E-state index in [1.165, 1.54) is 0 Å². The number of ether oxygens (including phenoxy) is 2. The van der Waals surface area contributed by atoms with Crippen molar-refractivity contribution in [1.29, 1.82) is 0 Å². The molecule has 0 radical (unpaired) electrons. The fourth-order valence-corrected chi connectivity index (χ4v) is 1.08. The van der Waals surface area contributed by atoms with Gasteiger partial charge in [-0.25, -0.2) is 9.59 Å². The lowest BCUT2D eigenvalue weighted by Gasteiger charge is -2.11. The van der Waals surface area contributed by atoms with E-state index in [4.69, 9.17) is 4.74 Å². The Hall–Kier alpha value is -1.84. The van der Waals surface area contributed by atoms with Crippen molar-refractivity contribution in [3.05, 3.63) is 35.9 Å². The molecule has 0 saturated heterocycles. The topological polar surface area (TPSA) is 52.6 Å². The first-order valence-corrected chi connectivity index (χ1v) is 4.49. The molecule has 15 heavy (non-hydrogen) atoms. The summed E-state index contributed by atoms with van der Waals surface area (Å²) in [6.07, 6.45) is -0.460. The number of carbonyl (C=O) groups is 2. The van der Waals surface area contributed by atoms with Crippen molar-refractivity contribution in [3.8, 4) is 0 Å². The Labute approximate surface area is 87.8 Å². The number of hydrogen-bond donors (Lipinski definition) is 0. The predicted molar refractivity (Wildman–Crippen MR) is 53.0 cm³/mol. The van der Waals surface area contributed by atoms with Crippen LogP contribution < -0.4 is 0 Å². The molecule has 0 unspecified atom stereocenters. The number of methoxy groups -OCH3 is 1. The highest BCUT2D eigenvalue weighted by atomic mass is 16.6. The first-order valence-electron chi connectivity index (χ1n) is 4.49. The summed E-state index contributed by atoms with van der Waals surface area (Å²) >= 11 is 0. The Morgan fingerprint density at radius 3 is 2.27 bits per heavy atom. The fraction of sp³-hybridized carbons (Fsp3) is 0.273. The van der Waals surface area contributed by atoms with Crippen LogP contribution in [0, 0.1) is 0 Å². The minimum atomic E-state index is -0.988. The van der Waals surface area contributed by atoms with Crippen LogP contribution in [0.1, 0.15) is 18.6 Å². The Morgan fingerprint density at radius 1 is 1.13 bits per heavy atom. The van der Waals surface area contributed by atoms with Crippen LogP contribution >= 0.6 is 0 Å². The maximum atomic E-state index is 11.1. The molecule has 80 valence electrons. The van der Waals surface area contributed by atoms with Gasteiger partial charge in [0.2, 0.25) is 0 Å². The van der Waals surface area contributed by atoms with Gasteiger partial charge in [0, 0.05) is 0 Å². The number of esters is 2. The number of hydrogen-bond acceptors (Lipinski definition) is 4. The minimum absolute atomic E-state index is 0.460. The molecule has 0 N–H and O–H groups in total. The summed E-state index contributed by atoms with van der Waals surface area (Å²) in [5, 5.41) is 0. The van der Waals surface area contributed by atoms with E-state index < -0.39 is 18.0 Å². The molecule has 1 aromatic carbocycles. The second kappa shape index (κ2) is 5.14. The largest absolute Gasteiger partial charge is 0.461 e. The summed E-state index contributed by atoms with van der Waals surface area (Å²) in [7, 11) is 1.14. The second-order valence-corrected chi connectivity index (χ2v) is 2.95. The summed E-state index contributed by atoms with van der Waals surface area (Å²) in [5.74, 6) is -1.97. The van der Waals surface area contributed by atoms with Crippen molar-refractivity contribution in [2.45, 2.75) is 13.0 Å². The maximum Gasteiger partial charge on any atom is 0.418 e. The van der Waals surface area contributed by atoms with Gasteiger partial charge in [-0.2, -0.15) is 0 Å². The molecular weight excluding hydrogens is 196 g/mol. The molecule has 0 bridgehead atoms. The molecule has 4 nitrogen and oxygen atoms in total. The third kappa shape index (κ3) is 3.09. The molecule has 0 heterocycles. The average Bonchev–Trinajstić information content (AvgIpc) is 2.29. The summed E-state index contributed by atoms with van der Waals surface area (Å²) in [6, 6.07) is 9.15. The average molecular weight is 208 g/mol. The molecular formula is C11H12O4. The summed E-state index contributed by atoms with van der Waals surface area (Å²) in [5.41, 5.74) is 0.828. The van der Waals surface area contributed by atoms with Crippen molar-refractivity contribution in [2.75, 3.05) is 7.11 Å². The number of benzene rings is 1.